The SMILES string of the molecule is Cc1ccc(-c2ccc3ncccc3c2)o1. The molecule has 0 radical (unpaired) electrons. The molecule has 3 rings (SSSR count). The normalized spacial score (nSPS) is 10.8. The van der Waals surface area contributed by atoms with Crippen molar-refractivity contribution in [2.45, 2.75) is 6.92 Å². The number of fused-ring (bicyclic) bond motifs is 1. The largest absolute Gasteiger partial charge is 0.461 e. The van der Waals surface area contributed by atoms with Crippen molar-refractivity contribution in [2.75, 3.05) is 0 Å². The maximum atomic E-state index is 5.60. The monoisotopic (exact) mass is 209 g/mol. The Hall–Kier alpha value is -2.09. The zero-order valence-electron chi connectivity index (χ0n) is 8.97. The summed E-state index contributed by atoms with van der Waals surface area (Å²) >= 11 is 0. The van der Waals surface area contributed by atoms with Crippen LogP contribution in [-0.4, -0.2) is 4.98 Å². The highest BCUT2D eigenvalue weighted by molar-refractivity contribution is 5.83. The van der Waals surface area contributed by atoms with Gasteiger partial charge in [-0.1, -0.05) is 6.07 Å². The zero-order valence-corrected chi connectivity index (χ0v) is 8.97. The molecule has 0 aliphatic carbocycles. The molecule has 0 saturated heterocycles. The highest BCUT2D eigenvalue weighted by Gasteiger charge is 2.03. The first-order chi connectivity index (χ1) is 7.83. The molecule has 0 N–H and O–H groups in total. The number of hydrogen-bond acceptors (Lipinski definition) is 2. The lowest BCUT2D eigenvalue weighted by molar-refractivity contribution is 0.548. The molecule has 0 unspecified atom stereocenters. The minimum absolute atomic E-state index is 0.906. The Bertz CT molecular complexity index is 640. The second kappa shape index (κ2) is 3.49. The Morgan fingerprint density at radius 3 is 2.81 bits per heavy atom. The lowest BCUT2D eigenvalue weighted by Crippen LogP contribution is -1.79. The molecule has 0 spiro atoms. The van der Waals surface area contributed by atoms with Crippen LogP contribution in [0, 0.1) is 6.92 Å². The van der Waals surface area contributed by atoms with Gasteiger partial charge >= 0.3 is 0 Å². The Balaban J connectivity index is 2.18. The van der Waals surface area contributed by atoms with Gasteiger partial charge < -0.3 is 4.42 Å². The van der Waals surface area contributed by atoms with Crippen molar-refractivity contribution in [1.82, 2.24) is 4.98 Å². The molecule has 16 heavy (non-hydrogen) atoms. The molecule has 2 heteroatoms. The predicted molar refractivity (Wildman–Crippen MR) is 64.2 cm³/mol. The molecule has 3 aromatic rings. The molecule has 0 fully saturated rings. The van der Waals surface area contributed by atoms with Gasteiger partial charge in [-0.15, -0.1) is 0 Å². The van der Waals surface area contributed by atoms with Crippen molar-refractivity contribution in [3.8, 4) is 11.3 Å². The van der Waals surface area contributed by atoms with E-state index in [2.05, 4.69) is 17.1 Å². The number of nitrogens with zero attached hydrogens (tertiary/aromatic N) is 1. The van der Waals surface area contributed by atoms with Gasteiger partial charge in [-0.3, -0.25) is 4.98 Å². The number of hydrogen-bond donors (Lipinski definition) is 0. The molecular formula is C14H11NO. The standard InChI is InChI=1S/C14H11NO/c1-10-4-7-14(16-10)12-5-6-13-11(9-12)3-2-8-15-13/h2-9H,1H3. The van der Waals surface area contributed by atoms with Gasteiger partial charge in [0.25, 0.3) is 0 Å². The van der Waals surface area contributed by atoms with E-state index in [4.69, 9.17) is 4.42 Å². The smallest absolute Gasteiger partial charge is 0.134 e. The van der Waals surface area contributed by atoms with Crippen molar-refractivity contribution in [3.63, 3.8) is 0 Å². The Kier molecular flexibility index (Phi) is 2.00. The summed E-state index contributed by atoms with van der Waals surface area (Å²) in [6.07, 6.45) is 1.80. The highest BCUT2D eigenvalue weighted by Crippen LogP contribution is 2.24. The van der Waals surface area contributed by atoms with Crippen LogP contribution >= 0.6 is 0 Å². The summed E-state index contributed by atoms with van der Waals surface area (Å²) in [6.45, 7) is 1.95. The number of aromatic nitrogens is 1. The van der Waals surface area contributed by atoms with Gasteiger partial charge in [0, 0.05) is 17.1 Å². The molecule has 2 heterocycles. The minimum atomic E-state index is 0.906. The van der Waals surface area contributed by atoms with Gasteiger partial charge in [0.1, 0.15) is 11.5 Å². The molecule has 2 aromatic heterocycles. The van der Waals surface area contributed by atoms with E-state index in [-0.39, 0.29) is 0 Å². The van der Waals surface area contributed by atoms with E-state index in [0.717, 1.165) is 28.0 Å². The lowest BCUT2D eigenvalue weighted by Gasteiger charge is -2.00. The summed E-state index contributed by atoms with van der Waals surface area (Å²) in [5, 5.41) is 1.13. The lowest BCUT2D eigenvalue weighted by atomic mass is 10.1. The fourth-order valence-electron chi connectivity index (χ4n) is 1.82. The Morgan fingerprint density at radius 1 is 1.06 bits per heavy atom. The molecule has 2 nitrogen and oxygen atoms in total. The highest BCUT2D eigenvalue weighted by atomic mass is 16.3. The Labute approximate surface area is 93.5 Å². The summed E-state index contributed by atoms with van der Waals surface area (Å²) in [5.74, 6) is 1.84. The summed E-state index contributed by atoms with van der Waals surface area (Å²) < 4.78 is 5.60. The molecule has 0 aliphatic heterocycles. The maximum Gasteiger partial charge on any atom is 0.134 e. The van der Waals surface area contributed by atoms with Gasteiger partial charge in [0.2, 0.25) is 0 Å². The number of rotatable bonds is 1. The number of benzene rings is 1. The molecule has 0 atom stereocenters. The number of aryl methyl sites for hydroxylation is 1. The van der Waals surface area contributed by atoms with E-state index in [1.54, 1.807) is 6.20 Å². The van der Waals surface area contributed by atoms with Crippen LogP contribution in [0.5, 0.6) is 0 Å². The summed E-state index contributed by atoms with van der Waals surface area (Å²) in [6, 6.07) is 14.1. The number of furan rings is 1. The van der Waals surface area contributed by atoms with Crippen LogP contribution in [-0.2, 0) is 0 Å². The first-order valence-electron chi connectivity index (χ1n) is 5.24. The van der Waals surface area contributed by atoms with Crippen LogP contribution < -0.4 is 0 Å². The summed E-state index contributed by atoms with van der Waals surface area (Å²) in [7, 11) is 0. The topological polar surface area (TPSA) is 26.0 Å². The van der Waals surface area contributed by atoms with Gasteiger partial charge in [0.15, 0.2) is 0 Å². The third kappa shape index (κ3) is 1.48. The van der Waals surface area contributed by atoms with Gasteiger partial charge in [0.05, 0.1) is 5.52 Å². The molecule has 0 saturated carbocycles. The maximum absolute atomic E-state index is 5.60. The third-order valence-electron chi connectivity index (χ3n) is 2.63. The van der Waals surface area contributed by atoms with Crippen LogP contribution in [0.25, 0.3) is 22.2 Å². The molecule has 0 amide bonds. The van der Waals surface area contributed by atoms with E-state index in [1.807, 2.05) is 37.3 Å². The van der Waals surface area contributed by atoms with Crippen LogP contribution in [0.2, 0.25) is 0 Å². The van der Waals surface area contributed by atoms with Crippen molar-refractivity contribution < 1.29 is 4.42 Å². The van der Waals surface area contributed by atoms with Crippen molar-refractivity contribution in [3.05, 3.63) is 54.4 Å². The van der Waals surface area contributed by atoms with Crippen LogP contribution in [0.4, 0.5) is 0 Å². The van der Waals surface area contributed by atoms with E-state index < -0.39 is 0 Å². The Morgan fingerprint density at radius 2 is 2.00 bits per heavy atom. The van der Waals surface area contributed by atoms with Gasteiger partial charge in [-0.2, -0.15) is 0 Å². The molecule has 78 valence electrons. The van der Waals surface area contributed by atoms with Crippen molar-refractivity contribution >= 4 is 10.9 Å². The van der Waals surface area contributed by atoms with E-state index in [0.29, 0.717) is 0 Å². The molecule has 1 aromatic carbocycles. The molecule has 0 bridgehead atoms. The number of pyridine rings is 1. The second-order valence-corrected chi connectivity index (χ2v) is 3.82. The minimum Gasteiger partial charge on any atom is -0.461 e. The fourth-order valence-corrected chi connectivity index (χ4v) is 1.82. The first kappa shape index (κ1) is 9.16. The average Bonchev–Trinajstić information content (AvgIpc) is 2.75. The van der Waals surface area contributed by atoms with Gasteiger partial charge in [-0.05, 0) is 43.3 Å². The van der Waals surface area contributed by atoms with E-state index in [9.17, 15) is 0 Å². The van der Waals surface area contributed by atoms with Gasteiger partial charge in [-0.25, -0.2) is 0 Å². The third-order valence-corrected chi connectivity index (χ3v) is 2.63. The molecular weight excluding hydrogens is 198 g/mol. The first-order valence-corrected chi connectivity index (χ1v) is 5.24. The second-order valence-electron chi connectivity index (χ2n) is 3.82. The summed E-state index contributed by atoms with van der Waals surface area (Å²) in [5.41, 5.74) is 2.10. The van der Waals surface area contributed by atoms with E-state index in [1.165, 1.54) is 0 Å². The quantitative estimate of drug-likeness (QED) is 0.609. The summed E-state index contributed by atoms with van der Waals surface area (Å²) in [4.78, 5) is 4.29. The zero-order chi connectivity index (χ0) is 11.0. The van der Waals surface area contributed by atoms with Crippen LogP contribution in [0.1, 0.15) is 5.76 Å². The molecule has 0 aliphatic rings. The van der Waals surface area contributed by atoms with Crippen LogP contribution in [0.15, 0.2) is 53.1 Å². The van der Waals surface area contributed by atoms with Crippen molar-refractivity contribution in [2.24, 2.45) is 0 Å². The van der Waals surface area contributed by atoms with Crippen LogP contribution in [0.3, 0.4) is 0 Å². The van der Waals surface area contributed by atoms with E-state index >= 15 is 0 Å². The fraction of sp³-hybridized carbons (Fsp3) is 0.0714. The average molecular weight is 209 g/mol. The predicted octanol–water partition coefficient (Wildman–Crippen LogP) is 3.80. The van der Waals surface area contributed by atoms with Crippen molar-refractivity contribution in [1.29, 1.82) is 0 Å².